The predicted octanol–water partition coefficient (Wildman–Crippen LogP) is 4.35. The highest BCUT2D eigenvalue weighted by Gasteiger charge is 2.19. The smallest absolute Gasteiger partial charge is 0.180 e. The molecule has 1 aromatic heterocycles. The van der Waals surface area contributed by atoms with E-state index in [4.69, 9.17) is 12.2 Å². The Morgan fingerprint density at radius 3 is 2.05 bits per heavy atom. The van der Waals surface area contributed by atoms with E-state index in [1.165, 1.54) is 22.5 Å². The van der Waals surface area contributed by atoms with Crippen LogP contribution in [0.4, 0.5) is 0 Å². The van der Waals surface area contributed by atoms with Gasteiger partial charge in [0.05, 0.1) is 12.7 Å². The molecule has 112 valence electrons. The Balaban J connectivity index is 1.95. The standard InChI is InChI=1S/C17H17N3S2/c1-19(13-20-17(21)22-12-18-20)16(14-8-4-2-5-9-14)15-10-6-3-7-11-15/h2-12,16H,13H2,1H3. The molecule has 0 radical (unpaired) electrons. The van der Waals surface area contributed by atoms with Gasteiger partial charge in [-0.1, -0.05) is 72.0 Å². The molecule has 0 aliphatic rings. The van der Waals surface area contributed by atoms with Gasteiger partial charge in [0.15, 0.2) is 3.95 Å². The lowest BCUT2D eigenvalue weighted by atomic mass is 9.98. The van der Waals surface area contributed by atoms with Gasteiger partial charge in [0, 0.05) is 0 Å². The van der Waals surface area contributed by atoms with Gasteiger partial charge in [-0.2, -0.15) is 5.10 Å². The minimum absolute atomic E-state index is 0.172. The minimum atomic E-state index is 0.172. The second-order valence-electron chi connectivity index (χ2n) is 5.13. The summed E-state index contributed by atoms with van der Waals surface area (Å²) in [6.45, 7) is 0.663. The van der Waals surface area contributed by atoms with Crippen LogP contribution in [0.2, 0.25) is 0 Å². The average Bonchev–Trinajstić information content (AvgIpc) is 2.95. The molecule has 0 N–H and O–H groups in total. The van der Waals surface area contributed by atoms with Crippen molar-refractivity contribution in [1.82, 2.24) is 14.7 Å². The monoisotopic (exact) mass is 327 g/mol. The summed E-state index contributed by atoms with van der Waals surface area (Å²) < 4.78 is 2.66. The summed E-state index contributed by atoms with van der Waals surface area (Å²) in [6.07, 6.45) is 0. The molecule has 22 heavy (non-hydrogen) atoms. The lowest BCUT2D eigenvalue weighted by Crippen LogP contribution is -2.28. The average molecular weight is 327 g/mol. The molecule has 0 aliphatic heterocycles. The molecule has 2 aromatic carbocycles. The molecule has 1 heterocycles. The quantitative estimate of drug-likeness (QED) is 0.650. The summed E-state index contributed by atoms with van der Waals surface area (Å²) in [5.41, 5.74) is 4.31. The first-order chi connectivity index (χ1) is 10.8. The van der Waals surface area contributed by atoms with E-state index in [-0.39, 0.29) is 6.04 Å². The van der Waals surface area contributed by atoms with E-state index in [1.54, 1.807) is 5.51 Å². The fraction of sp³-hybridized carbons (Fsp3) is 0.176. The van der Waals surface area contributed by atoms with Crippen molar-refractivity contribution >= 4 is 23.6 Å². The first-order valence-electron chi connectivity index (χ1n) is 7.06. The zero-order valence-corrected chi connectivity index (χ0v) is 13.9. The molecule has 0 amide bonds. The first kappa shape index (κ1) is 15.1. The van der Waals surface area contributed by atoms with Crippen LogP contribution in [-0.4, -0.2) is 21.7 Å². The van der Waals surface area contributed by atoms with Crippen LogP contribution >= 0.6 is 23.6 Å². The third kappa shape index (κ3) is 3.32. The van der Waals surface area contributed by atoms with Gasteiger partial charge in [-0.25, -0.2) is 4.68 Å². The van der Waals surface area contributed by atoms with Gasteiger partial charge >= 0.3 is 0 Å². The largest absolute Gasteiger partial charge is 0.276 e. The van der Waals surface area contributed by atoms with Gasteiger partial charge in [-0.05, 0) is 30.4 Å². The zero-order valence-electron chi connectivity index (χ0n) is 12.3. The summed E-state index contributed by atoms with van der Waals surface area (Å²) in [7, 11) is 2.10. The van der Waals surface area contributed by atoms with E-state index >= 15 is 0 Å². The molecule has 0 fully saturated rings. The lowest BCUT2D eigenvalue weighted by molar-refractivity contribution is 0.209. The van der Waals surface area contributed by atoms with Gasteiger partial charge in [0.25, 0.3) is 0 Å². The molecule has 0 spiro atoms. The van der Waals surface area contributed by atoms with Crippen molar-refractivity contribution in [2.45, 2.75) is 12.7 Å². The third-order valence-electron chi connectivity index (χ3n) is 3.58. The van der Waals surface area contributed by atoms with Crippen LogP contribution in [0.25, 0.3) is 0 Å². The van der Waals surface area contributed by atoms with Crippen LogP contribution in [0.1, 0.15) is 17.2 Å². The lowest BCUT2D eigenvalue weighted by Gasteiger charge is -2.28. The number of aromatic nitrogens is 2. The van der Waals surface area contributed by atoms with Crippen molar-refractivity contribution in [3.8, 4) is 0 Å². The topological polar surface area (TPSA) is 21.1 Å². The Kier molecular flexibility index (Phi) is 4.77. The van der Waals surface area contributed by atoms with E-state index in [9.17, 15) is 0 Å². The number of hydrogen-bond donors (Lipinski definition) is 0. The Morgan fingerprint density at radius 2 is 1.59 bits per heavy atom. The van der Waals surface area contributed by atoms with Gasteiger partial charge in [0.1, 0.15) is 5.51 Å². The molecule has 0 aliphatic carbocycles. The molecule has 0 atom stereocenters. The Labute approximate surface area is 139 Å². The molecular formula is C17H17N3S2. The predicted molar refractivity (Wildman–Crippen MR) is 93.4 cm³/mol. The van der Waals surface area contributed by atoms with E-state index in [0.29, 0.717) is 6.67 Å². The number of nitrogens with zero attached hydrogens (tertiary/aromatic N) is 3. The second kappa shape index (κ2) is 6.96. The molecule has 0 bridgehead atoms. The maximum atomic E-state index is 5.32. The highest BCUT2D eigenvalue weighted by molar-refractivity contribution is 7.73. The van der Waals surface area contributed by atoms with Crippen molar-refractivity contribution in [3.05, 3.63) is 81.3 Å². The number of benzene rings is 2. The van der Waals surface area contributed by atoms with E-state index in [1.807, 2.05) is 16.8 Å². The van der Waals surface area contributed by atoms with E-state index in [2.05, 4.69) is 65.6 Å². The van der Waals surface area contributed by atoms with E-state index in [0.717, 1.165) is 3.95 Å². The van der Waals surface area contributed by atoms with Crippen molar-refractivity contribution in [2.24, 2.45) is 0 Å². The van der Waals surface area contributed by atoms with Gasteiger partial charge in [0.2, 0.25) is 0 Å². The molecule has 3 aromatic rings. The fourth-order valence-corrected chi connectivity index (χ4v) is 3.30. The van der Waals surface area contributed by atoms with Crippen molar-refractivity contribution in [1.29, 1.82) is 0 Å². The summed E-state index contributed by atoms with van der Waals surface area (Å²) >= 11 is 6.81. The van der Waals surface area contributed by atoms with Crippen LogP contribution in [0, 0.1) is 3.95 Å². The SMILES string of the molecule is CN(Cn1ncsc1=S)C(c1ccccc1)c1ccccc1. The Morgan fingerprint density at radius 1 is 1.05 bits per heavy atom. The Bertz CT molecular complexity index is 726. The van der Waals surface area contributed by atoms with Gasteiger partial charge in [-0.15, -0.1) is 0 Å². The van der Waals surface area contributed by atoms with Crippen molar-refractivity contribution < 1.29 is 0 Å². The first-order valence-corrected chi connectivity index (χ1v) is 8.35. The van der Waals surface area contributed by atoms with E-state index < -0.39 is 0 Å². The third-order valence-corrected chi connectivity index (χ3v) is 4.69. The molecule has 5 heteroatoms. The maximum Gasteiger partial charge on any atom is 0.180 e. The fourth-order valence-electron chi connectivity index (χ4n) is 2.59. The highest BCUT2D eigenvalue weighted by Crippen LogP contribution is 2.27. The van der Waals surface area contributed by atoms with Gasteiger partial charge in [-0.3, -0.25) is 4.90 Å². The molecule has 0 unspecified atom stereocenters. The van der Waals surface area contributed by atoms with Crippen molar-refractivity contribution in [3.63, 3.8) is 0 Å². The normalized spacial score (nSPS) is 11.2. The van der Waals surface area contributed by atoms with Crippen molar-refractivity contribution in [2.75, 3.05) is 7.05 Å². The highest BCUT2D eigenvalue weighted by atomic mass is 32.1. The number of hydrogen-bond acceptors (Lipinski definition) is 4. The molecule has 3 nitrogen and oxygen atoms in total. The second-order valence-corrected chi connectivity index (χ2v) is 6.60. The molecule has 0 saturated carbocycles. The zero-order chi connectivity index (χ0) is 15.4. The van der Waals surface area contributed by atoms with Crippen LogP contribution in [-0.2, 0) is 6.67 Å². The molecule has 0 saturated heterocycles. The van der Waals surface area contributed by atoms with Crippen LogP contribution in [0.15, 0.2) is 66.2 Å². The summed E-state index contributed by atoms with van der Waals surface area (Å²) in [6, 6.07) is 21.2. The Hall–Kier alpha value is -1.82. The minimum Gasteiger partial charge on any atom is -0.276 e. The summed E-state index contributed by atoms with van der Waals surface area (Å²) in [5.74, 6) is 0. The summed E-state index contributed by atoms with van der Waals surface area (Å²) in [5, 5.41) is 4.31. The van der Waals surface area contributed by atoms with Crippen LogP contribution in [0.3, 0.4) is 0 Å². The molecule has 3 rings (SSSR count). The number of rotatable bonds is 5. The van der Waals surface area contributed by atoms with Crippen LogP contribution in [0.5, 0.6) is 0 Å². The molecular weight excluding hydrogens is 310 g/mol. The maximum absolute atomic E-state index is 5.32. The van der Waals surface area contributed by atoms with Gasteiger partial charge < -0.3 is 0 Å². The summed E-state index contributed by atoms with van der Waals surface area (Å²) in [4.78, 5) is 2.26. The van der Waals surface area contributed by atoms with Crippen LogP contribution < -0.4 is 0 Å².